The highest BCUT2D eigenvalue weighted by Gasteiger charge is 2.33. The summed E-state index contributed by atoms with van der Waals surface area (Å²) < 4.78 is 24.7. The van der Waals surface area contributed by atoms with E-state index in [1.807, 2.05) is 0 Å². The number of nitrogens with zero attached hydrogens (tertiary/aromatic N) is 2. The largest absolute Gasteiger partial charge is 0.396 e. The average molecular weight is 230 g/mol. The van der Waals surface area contributed by atoms with E-state index in [1.54, 1.807) is 12.4 Å². The van der Waals surface area contributed by atoms with E-state index in [9.17, 15) is 8.42 Å². The Labute approximate surface area is 88.6 Å². The highest BCUT2D eigenvalue weighted by Crippen LogP contribution is 2.29. The molecule has 1 unspecified atom stereocenters. The summed E-state index contributed by atoms with van der Waals surface area (Å²) in [5.41, 5.74) is 0.875. The molecule has 0 aliphatic carbocycles. The van der Waals surface area contributed by atoms with Gasteiger partial charge in [-0.25, -0.2) is 8.42 Å². The lowest BCUT2D eigenvalue weighted by Crippen LogP contribution is -2.15. The van der Waals surface area contributed by atoms with Crippen molar-refractivity contribution in [2.75, 3.05) is 12.4 Å². The lowest BCUT2D eigenvalue weighted by molar-refractivity contribution is 0.299. The third-order valence-electron chi connectivity index (χ3n) is 2.64. The molecule has 1 fully saturated rings. The molecule has 1 aromatic rings. The monoisotopic (exact) mass is 230 g/mol. The minimum atomic E-state index is -3.00. The molecular weight excluding hydrogens is 216 g/mol. The molecule has 0 spiro atoms. The van der Waals surface area contributed by atoms with Gasteiger partial charge in [-0.05, 0) is 24.8 Å². The van der Waals surface area contributed by atoms with E-state index < -0.39 is 15.2 Å². The zero-order valence-electron chi connectivity index (χ0n) is 8.33. The van der Waals surface area contributed by atoms with E-state index in [-0.39, 0.29) is 12.4 Å². The second-order valence-corrected chi connectivity index (χ2v) is 6.04. The minimum Gasteiger partial charge on any atom is -0.396 e. The second kappa shape index (κ2) is 3.94. The van der Waals surface area contributed by atoms with Crippen molar-refractivity contribution in [3.63, 3.8) is 0 Å². The summed E-state index contributed by atoms with van der Waals surface area (Å²) in [6, 6.07) is 0. The Morgan fingerprint density at radius 3 is 3.00 bits per heavy atom. The number of aliphatic hydroxyl groups excluding tert-OH is 1. The average Bonchev–Trinajstić information content (AvgIpc) is 2.72. The van der Waals surface area contributed by atoms with Crippen molar-refractivity contribution in [3.05, 3.63) is 18.0 Å². The van der Waals surface area contributed by atoms with Gasteiger partial charge in [0.25, 0.3) is 0 Å². The molecule has 0 bridgehead atoms. The fourth-order valence-electron chi connectivity index (χ4n) is 1.86. The van der Waals surface area contributed by atoms with Crippen molar-refractivity contribution in [2.45, 2.75) is 24.6 Å². The Morgan fingerprint density at radius 2 is 2.40 bits per heavy atom. The van der Waals surface area contributed by atoms with Gasteiger partial charge in [0, 0.05) is 12.8 Å². The highest BCUT2D eigenvalue weighted by molar-refractivity contribution is 7.91. The lowest BCUT2D eigenvalue weighted by Gasteiger charge is -2.08. The molecule has 1 N–H and O–H groups in total. The van der Waals surface area contributed by atoms with Crippen LogP contribution >= 0.6 is 0 Å². The van der Waals surface area contributed by atoms with Crippen molar-refractivity contribution >= 4 is 9.84 Å². The molecule has 1 atom stereocenters. The van der Waals surface area contributed by atoms with E-state index in [2.05, 4.69) is 5.10 Å². The molecule has 0 radical (unpaired) electrons. The molecule has 2 heterocycles. The van der Waals surface area contributed by atoms with Gasteiger partial charge < -0.3 is 5.11 Å². The van der Waals surface area contributed by atoms with Crippen molar-refractivity contribution < 1.29 is 13.5 Å². The smallest absolute Gasteiger partial charge is 0.173 e. The number of rotatable bonds is 3. The molecule has 1 saturated heterocycles. The summed E-state index contributed by atoms with van der Waals surface area (Å²) in [5.74, 6) is 0.257. The van der Waals surface area contributed by atoms with Gasteiger partial charge in [-0.2, -0.15) is 5.10 Å². The summed E-state index contributed by atoms with van der Waals surface area (Å²) >= 11 is 0. The molecule has 1 aromatic heterocycles. The minimum absolute atomic E-state index is 0.0586. The highest BCUT2D eigenvalue weighted by atomic mass is 32.2. The summed E-state index contributed by atoms with van der Waals surface area (Å²) in [6.07, 6.45) is 5.20. The zero-order chi connectivity index (χ0) is 10.9. The van der Waals surface area contributed by atoms with Crippen LogP contribution in [-0.2, 0) is 16.3 Å². The fraction of sp³-hybridized carbons (Fsp3) is 0.667. The zero-order valence-corrected chi connectivity index (χ0v) is 9.15. The van der Waals surface area contributed by atoms with Crippen LogP contribution in [-0.4, -0.2) is 35.7 Å². The predicted molar refractivity (Wildman–Crippen MR) is 55.1 cm³/mol. The summed E-state index contributed by atoms with van der Waals surface area (Å²) in [4.78, 5) is 0. The van der Waals surface area contributed by atoms with Crippen LogP contribution in [0, 0.1) is 0 Å². The van der Waals surface area contributed by atoms with E-state index in [1.165, 1.54) is 4.68 Å². The van der Waals surface area contributed by atoms with Gasteiger partial charge in [-0.3, -0.25) is 4.68 Å². The van der Waals surface area contributed by atoms with Gasteiger partial charge in [0.1, 0.15) is 0 Å². The van der Waals surface area contributed by atoms with Crippen molar-refractivity contribution in [1.82, 2.24) is 9.78 Å². The van der Waals surface area contributed by atoms with Crippen LogP contribution < -0.4 is 0 Å². The van der Waals surface area contributed by atoms with Gasteiger partial charge in [-0.1, -0.05) is 0 Å². The van der Waals surface area contributed by atoms with Gasteiger partial charge >= 0.3 is 0 Å². The maximum atomic E-state index is 11.6. The van der Waals surface area contributed by atoms with Crippen LogP contribution in [0.15, 0.2) is 12.4 Å². The van der Waals surface area contributed by atoms with Crippen LogP contribution in [0.2, 0.25) is 0 Å². The Balaban J connectivity index is 2.22. The molecule has 1 aliphatic rings. The Kier molecular flexibility index (Phi) is 2.79. The first-order chi connectivity index (χ1) is 7.13. The quantitative estimate of drug-likeness (QED) is 0.801. The topological polar surface area (TPSA) is 72.2 Å². The third kappa shape index (κ3) is 2.05. The van der Waals surface area contributed by atoms with Crippen molar-refractivity contribution in [2.24, 2.45) is 0 Å². The fourth-order valence-corrected chi connectivity index (χ4v) is 3.68. The van der Waals surface area contributed by atoms with E-state index in [0.717, 1.165) is 5.56 Å². The van der Waals surface area contributed by atoms with Crippen LogP contribution in [0.1, 0.15) is 23.8 Å². The summed E-state index contributed by atoms with van der Waals surface area (Å²) in [6.45, 7) is 0.0586. The first-order valence-electron chi connectivity index (χ1n) is 4.99. The lowest BCUT2D eigenvalue weighted by atomic mass is 10.3. The van der Waals surface area contributed by atoms with Gasteiger partial charge in [0.05, 0.1) is 11.9 Å². The van der Waals surface area contributed by atoms with Crippen molar-refractivity contribution in [1.29, 1.82) is 0 Å². The maximum absolute atomic E-state index is 11.6. The second-order valence-electron chi connectivity index (χ2n) is 3.77. The van der Waals surface area contributed by atoms with E-state index in [0.29, 0.717) is 19.3 Å². The third-order valence-corrected chi connectivity index (χ3v) is 4.78. The molecule has 84 valence electrons. The van der Waals surface area contributed by atoms with E-state index in [4.69, 9.17) is 5.11 Å². The Bertz CT molecular complexity index is 438. The Morgan fingerprint density at radius 1 is 1.60 bits per heavy atom. The predicted octanol–water partition coefficient (Wildman–Crippen LogP) is 0.125. The first kappa shape index (κ1) is 10.6. The number of aliphatic hydroxyl groups is 1. The maximum Gasteiger partial charge on any atom is 0.173 e. The van der Waals surface area contributed by atoms with Gasteiger partial charge in [0.15, 0.2) is 15.2 Å². The van der Waals surface area contributed by atoms with Crippen LogP contribution in [0.4, 0.5) is 0 Å². The number of hydrogen-bond acceptors (Lipinski definition) is 4. The molecule has 1 aliphatic heterocycles. The number of hydrogen-bond donors (Lipinski definition) is 1. The standard InChI is InChI=1S/C9H14N2O3S/c12-4-3-8-6-10-11(7-8)9-2-1-5-15(9,13)14/h6-7,9,12H,1-5H2. The van der Waals surface area contributed by atoms with Crippen molar-refractivity contribution in [3.8, 4) is 0 Å². The summed E-state index contributed by atoms with van der Waals surface area (Å²) in [5, 5.41) is 12.3. The molecule has 0 amide bonds. The molecule has 5 nitrogen and oxygen atoms in total. The molecule has 6 heteroatoms. The SMILES string of the molecule is O=S1(=O)CCCC1n1cc(CCO)cn1. The molecule has 0 saturated carbocycles. The molecule has 15 heavy (non-hydrogen) atoms. The van der Waals surface area contributed by atoms with Gasteiger partial charge in [0.2, 0.25) is 0 Å². The normalized spacial score (nSPS) is 24.5. The molecule has 0 aromatic carbocycles. The molecule has 2 rings (SSSR count). The van der Waals surface area contributed by atoms with Crippen LogP contribution in [0.3, 0.4) is 0 Å². The van der Waals surface area contributed by atoms with Gasteiger partial charge in [-0.15, -0.1) is 0 Å². The number of sulfone groups is 1. The summed E-state index contributed by atoms with van der Waals surface area (Å²) in [7, 11) is -3.00. The van der Waals surface area contributed by atoms with Crippen LogP contribution in [0.25, 0.3) is 0 Å². The van der Waals surface area contributed by atoms with E-state index >= 15 is 0 Å². The molecular formula is C9H14N2O3S. The first-order valence-corrected chi connectivity index (χ1v) is 6.70. The van der Waals surface area contributed by atoms with Crippen LogP contribution in [0.5, 0.6) is 0 Å². The number of aromatic nitrogens is 2. The Hall–Kier alpha value is -0.880.